The van der Waals surface area contributed by atoms with E-state index in [-0.39, 0.29) is 0 Å². The molecule has 0 aromatic carbocycles. The molecule has 0 unspecified atom stereocenters. The van der Waals surface area contributed by atoms with E-state index < -0.39 is 5.95 Å². The van der Waals surface area contributed by atoms with Gasteiger partial charge in [0.15, 0.2) is 0 Å². The molecule has 0 amide bonds. The van der Waals surface area contributed by atoms with E-state index in [2.05, 4.69) is 17.6 Å². The van der Waals surface area contributed by atoms with E-state index in [4.69, 9.17) is 0 Å². The van der Waals surface area contributed by atoms with Crippen LogP contribution in [-0.2, 0) is 0 Å². The first kappa shape index (κ1) is 10.3. The van der Waals surface area contributed by atoms with Crippen LogP contribution in [0.15, 0.2) is 18.3 Å². The lowest BCUT2D eigenvalue weighted by molar-refractivity contribution is 0.580. The SMILES string of the molecule is Cc1cnc(F)c(C=CCCS)c1. The third-order valence-corrected chi connectivity index (χ3v) is 1.85. The number of hydrogen-bond donors (Lipinski definition) is 1. The van der Waals surface area contributed by atoms with Crippen LogP contribution in [0.1, 0.15) is 17.5 Å². The molecule has 0 bridgehead atoms. The van der Waals surface area contributed by atoms with Gasteiger partial charge in [-0.1, -0.05) is 12.2 Å². The van der Waals surface area contributed by atoms with Crippen molar-refractivity contribution in [1.29, 1.82) is 0 Å². The Kier molecular flexibility index (Phi) is 3.96. The monoisotopic (exact) mass is 197 g/mol. The Morgan fingerprint density at radius 1 is 1.62 bits per heavy atom. The quantitative estimate of drug-likeness (QED) is 0.580. The lowest BCUT2D eigenvalue weighted by Crippen LogP contribution is -1.88. The zero-order chi connectivity index (χ0) is 9.68. The van der Waals surface area contributed by atoms with Crippen molar-refractivity contribution < 1.29 is 4.39 Å². The topological polar surface area (TPSA) is 12.9 Å². The Hall–Kier alpha value is -0.830. The number of nitrogens with zero attached hydrogens (tertiary/aromatic N) is 1. The van der Waals surface area contributed by atoms with Gasteiger partial charge in [0.2, 0.25) is 5.95 Å². The van der Waals surface area contributed by atoms with Crippen molar-refractivity contribution in [2.75, 3.05) is 5.75 Å². The van der Waals surface area contributed by atoms with Gasteiger partial charge in [-0.25, -0.2) is 4.98 Å². The summed E-state index contributed by atoms with van der Waals surface area (Å²) < 4.78 is 13.0. The van der Waals surface area contributed by atoms with Gasteiger partial charge in [-0.2, -0.15) is 17.0 Å². The molecule has 0 radical (unpaired) electrons. The summed E-state index contributed by atoms with van der Waals surface area (Å²) in [6.45, 7) is 1.89. The maximum atomic E-state index is 13.0. The first-order chi connectivity index (χ1) is 6.24. The molecule has 0 aliphatic heterocycles. The van der Waals surface area contributed by atoms with E-state index in [0.29, 0.717) is 5.56 Å². The van der Waals surface area contributed by atoms with Gasteiger partial charge in [0.1, 0.15) is 0 Å². The molecule has 1 aromatic rings. The van der Waals surface area contributed by atoms with E-state index >= 15 is 0 Å². The molecule has 0 spiro atoms. The van der Waals surface area contributed by atoms with Crippen LogP contribution in [0.2, 0.25) is 0 Å². The van der Waals surface area contributed by atoms with Gasteiger partial charge in [-0.05, 0) is 30.7 Å². The average Bonchev–Trinajstić information content (AvgIpc) is 2.11. The summed E-state index contributed by atoms with van der Waals surface area (Å²) >= 11 is 4.05. The number of aryl methyl sites for hydroxylation is 1. The Morgan fingerprint density at radius 2 is 2.38 bits per heavy atom. The van der Waals surface area contributed by atoms with Crippen LogP contribution >= 0.6 is 12.6 Å². The summed E-state index contributed by atoms with van der Waals surface area (Å²) in [5.41, 5.74) is 1.51. The second-order valence-electron chi connectivity index (χ2n) is 2.81. The number of rotatable bonds is 3. The molecule has 0 fully saturated rings. The van der Waals surface area contributed by atoms with Crippen LogP contribution in [0, 0.1) is 12.9 Å². The van der Waals surface area contributed by atoms with Crippen molar-refractivity contribution in [3.05, 3.63) is 35.4 Å². The minimum atomic E-state index is -0.416. The number of aromatic nitrogens is 1. The van der Waals surface area contributed by atoms with E-state index in [0.717, 1.165) is 17.7 Å². The van der Waals surface area contributed by atoms with Gasteiger partial charge >= 0.3 is 0 Å². The highest BCUT2D eigenvalue weighted by atomic mass is 32.1. The predicted octanol–water partition coefficient (Wildman–Crippen LogP) is 2.86. The number of thiol groups is 1. The van der Waals surface area contributed by atoms with Gasteiger partial charge < -0.3 is 0 Å². The van der Waals surface area contributed by atoms with E-state index in [1.165, 1.54) is 6.20 Å². The maximum Gasteiger partial charge on any atom is 0.220 e. The predicted molar refractivity (Wildman–Crippen MR) is 56.4 cm³/mol. The van der Waals surface area contributed by atoms with Crippen molar-refractivity contribution >= 4 is 18.7 Å². The van der Waals surface area contributed by atoms with Crippen molar-refractivity contribution in [2.45, 2.75) is 13.3 Å². The van der Waals surface area contributed by atoms with E-state index in [1.54, 1.807) is 12.1 Å². The van der Waals surface area contributed by atoms with Gasteiger partial charge in [-0.3, -0.25) is 0 Å². The fraction of sp³-hybridized carbons (Fsp3) is 0.300. The second-order valence-corrected chi connectivity index (χ2v) is 3.25. The summed E-state index contributed by atoms with van der Waals surface area (Å²) in [5, 5.41) is 0. The number of halogens is 1. The lowest BCUT2D eigenvalue weighted by Gasteiger charge is -1.97. The van der Waals surface area contributed by atoms with Crippen molar-refractivity contribution in [2.24, 2.45) is 0 Å². The first-order valence-electron chi connectivity index (χ1n) is 4.13. The highest BCUT2D eigenvalue weighted by Crippen LogP contribution is 2.09. The lowest BCUT2D eigenvalue weighted by atomic mass is 10.2. The van der Waals surface area contributed by atoms with E-state index in [9.17, 15) is 4.39 Å². The van der Waals surface area contributed by atoms with Crippen molar-refractivity contribution in [3.8, 4) is 0 Å². The van der Waals surface area contributed by atoms with Crippen LogP contribution in [0.3, 0.4) is 0 Å². The summed E-state index contributed by atoms with van der Waals surface area (Å²) in [6.07, 6.45) is 6.00. The maximum absolute atomic E-state index is 13.0. The molecule has 0 aliphatic carbocycles. The van der Waals surface area contributed by atoms with Crippen LogP contribution in [0.5, 0.6) is 0 Å². The molecule has 1 aromatic heterocycles. The Bertz CT molecular complexity index is 310. The highest BCUT2D eigenvalue weighted by Gasteiger charge is 1.98. The van der Waals surface area contributed by atoms with E-state index in [1.807, 2.05) is 13.0 Å². The third kappa shape index (κ3) is 3.19. The zero-order valence-electron chi connectivity index (χ0n) is 7.50. The molecule has 3 heteroatoms. The molecular weight excluding hydrogens is 185 g/mol. The molecule has 70 valence electrons. The van der Waals surface area contributed by atoms with Crippen LogP contribution in [0.4, 0.5) is 4.39 Å². The molecule has 1 nitrogen and oxygen atoms in total. The number of hydrogen-bond acceptors (Lipinski definition) is 2. The molecule has 0 saturated heterocycles. The Balaban J connectivity index is 2.81. The normalized spacial score (nSPS) is 11.0. The van der Waals surface area contributed by atoms with Crippen LogP contribution < -0.4 is 0 Å². The fourth-order valence-electron chi connectivity index (χ4n) is 0.977. The average molecular weight is 197 g/mol. The molecule has 0 atom stereocenters. The molecular formula is C10H12FNS. The largest absolute Gasteiger partial charge is 0.228 e. The molecule has 1 heterocycles. The minimum Gasteiger partial charge on any atom is -0.228 e. The Morgan fingerprint density at radius 3 is 3.08 bits per heavy atom. The molecule has 13 heavy (non-hydrogen) atoms. The van der Waals surface area contributed by atoms with Crippen LogP contribution in [-0.4, -0.2) is 10.7 Å². The Labute approximate surface area is 83.1 Å². The smallest absolute Gasteiger partial charge is 0.220 e. The highest BCUT2D eigenvalue weighted by molar-refractivity contribution is 7.80. The van der Waals surface area contributed by atoms with Crippen molar-refractivity contribution in [3.63, 3.8) is 0 Å². The fourth-order valence-corrected chi connectivity index (χ4v) is 1.13. The molecule has 1 rings (SSSR count). The summed E-state index contributed by atoms with van der Waals surface area (Å²) in [5.74, 6) is 0.359. The van der Waals surface area contributed by atoms with Crippen molar-refractivity contribution in [1.82, 2.24) is 4.98 Å². The first-order valence-corrected chi connectivity index (χ1v) is 4.77. The molecule has 0 aliphatic rings. The number of pyridine rings is 1. The summed E-state index contributed by atoms with van der Waals surface area (Å²) in [6, 6.07) is 1.78. The third-order valence-electron chi connectivity index (χ3n) is 1.60. The van der Waals surface area contributed by atoms with Gasteiger partial charge in [0.25, 0.3) is 0 Å². The van der Waals surface area contributed by atoms with Gasteiger partial charge in [0.05, 0.1) is 0 Å². The molecule has 0 saturated carbocycles. The van der Waals surface area contributed by atoms with Crippen LogP contribution in [0.25, 0.3) is 6.08 Å². The summed E-state index contributed by atoms with van der Waals surface area (Å²) in [4.78, 5) is 3.62. The number of allylic oxidation sites excluding steroid dienone is 1. The zero-order valence-corrected chi connectivity index (χ0v) is 8.39. The van der Waals surface area contributed by atoms with Gasteiger partial charge in [-0.15, -0.1) is 0 Å². The summed E-state index contributed by atoms with van der Waals surface area (Å²) in [7, 11) is 0. The molecule has 0 N–H and O–H groups in total. The minimum absolute atomic E-state index is 0.416. The second kappa shape index (κ2) is 5.02. The van der Waals surface area contributed by atoms with Gasteiger partial charge in [0, 0.05) is 11.8 Å². The standard InChI is InChI=1S/C10H12FNS/c1-8-6-9(4-2-3-5-13)10(11)12-7-8/h2,4,6-7,13H,3,5H2,1H3.